The van der Waals surface area contributed by atoms with E-state index in [0.29, 0.717) is 41.6 Å². The van der Waals surface area contributed by atoms with Crippen LogP contribution in [-0.2, 0) is 9.84 Å². The Morgan fingerprint density at radius 2 is 1.70 bits per heavy atom. The molecule has 4 rings (SSSR count). The Kier molecular flexibility index (Phi) is 6.24. The van der Waals surface area contributed by atoms with Gasteiger partial charge in [0.25, 0.3) is 0 Å². The number of hydrogen-bond donors (Lipinski definition) is 0. The molecule has 0 radical (unpaired) electrons. The number of thiazole rings is 1. The summed E-state index contributed by atoms with van der Waals surface area (Å²) in [6.45, 7) is 5.76. The number of nitrogens with zero attached hydrogens (tertiary/aromatic N) is 3. The molecule has 0 atom stereocenters. The van der Waals surface area contributed by atoms with Crippen LogP contribution in [0, 0.1) is 18.6 Å². The van der Waals surface area contributed by atoms with Crippen LogP contribution in [0.2, 0.25) is 0 Å². The predicted molar refractivity (Wildman–Crippen MR) is 126 cm³/mol. The Bertz CT molecular complexity index is 1300. The van der Waals surface area contributed by atoms with E-state index in [4.69, 9.17) is 0 Å². The number of aromatic nitrogens is 1. The number of amides is 2. The van der Waals surface area contributed by atoms with Gasteiger partial charge in [-0.25, -0.2) is 27.0 Å². The Balaban J connectivity index is 1.60. The zero-order chi connectivity index (χ0) is 23.9. The van der Waals surface area contributed by atoms with Crippen LogP contribution in [0.5, 0.6) is 0 Å². The fraction of sp³-hybridized carbons (Fsp3) is 0.304. The molecule has 174 valence electrons. The molecule has 2 amide bonds. The van der Waals surface area contributed by atoms with Gasteiger partial charge < -0.3 is 0 Å². The number of urea groups is 1. The van der Waals surface area contributed by atoms with Gasteiger partial charge in [-0.2, -0.15) is 0 Å². The van der Waals surface area contributed by atoms with Gasteiger partial charge in [0.15, 0.2) is 15.0 Å². The highest BCUT2D eigenvalue weighted by atomic mass is 32.2. The minimum atomic E-state index is -3.50. The molecule has 33 heavy (non-hydrogen) atoms. The standard InChI is InChI=1S/C23H23F2N3O3S2/c1-14(2)33(30,31)21-15(3)26-22(32-21)28-12-4-11-27(23(28)29)18-8-5-16(6-9-18)19-13-17(24)7-10-20(19)25/h5-10,13-14H,4,11-12H2,1-3H3. The minimum Gasteiger partial charge on any atom is -0.294 e. The summed E-state index contributed by atoms with van der Waals surface area (Å²) in [7, 11) is -3.50. The van der Waals surface area contributed by atoms with E-state index in [9.17, 15) is 22.0 Å². The molecule has 0 spiro atoms. The van der Waals surface area contributed by atoms with Crippen molar-refractivity contribution in [2.45, 2.75) is 36.7 Å². The Morgan fingerprint density at radius 1 is 1.03 bits per heavy atom. The first kappa shape index (κ1) is 23.3. The molecule has 1 aromatic heterocycles. The number of hydrogen-bond acceptors (Lipinski definition) is 5. The van der Waals surface area contributed by atoms with E-state index in [2.05, 4.69) is 4.98 Å². The number of benzene rings is 2. The molecule has 2 heterocycles. The average Bonchev–Trinajstić information content (AvgIpc) is 3.18. The zero-order valence-corrected chi connectivity index (χ0v) is 20.0. The molecule has 10 heteroatoms. The number of rotatable bonds is 5. The molecule has 6 nitrogen and oxygen atoms in total. The van der Waals surface area contributed by atoms with Crippen LogP contribution in [-0.4, -0.2) is 37.8 Å². The van der Waals surface area contributed by atoms with Crippen molar-refractivity contribution >= 4 is 38.0 Å². The summed E-state index contributed by atoms with van der Waals surface area (Å²) in [4.78, 5) is 20.7. The van der Waals surface area contributed by atoms with E-state index in [-0.39, 0.29) is 15.8 Å². The number of aryl methyl sites for hydroxylation is 1. The molecule has 1 aliphatic rings. The third-order valence-corrected chi connectivity index (χ3v) is 9.47. The lowest BCUT2D eigenvalue weighted by Crippen LogP contribution is -2.49. The number of halogens is 2. The highest BCUT2D eigenvalue weighted by molar-refractivity contribution is 7.94. The van der Waals surface area contributed by atoms with Crippen molar-refractivity contribution in [1.82, 2.24) is 4.98 Å². The maximum absolute atomic E-state index is 14.1. The molecule has 1 fully saturated rings. The first-order valence-electron chi connectivity index (χ1n) is 10.5. The van der Waals surface area contributed by atoms with Gasteiger partial charge in [0.1, 0.15) is 15.8 Å². The summed E-state index contributed by atoms with van der Waals surface area (Å²) in [5, 5.41) is -0.237. The molecular formula is C23H23F2N3O3S2. The van der Waals surface area contributed by atoms with Crippen molar-refractivity contribution in [3.8, 4) is 11.1 Å². The van der Waals surface area contributed by atoms with Crippen molar-refractivity contribution < 1.29 is 22.0 Å². The number of sulfone groups is 1. The fourth-order valence-corrected chi connectivity index (χ4v) is 6.62. The van der Waals surface area contributed by atoms with Crippen LogP contribution in [0.3, 0.4) is 0 Å². The number of carbonyl (C=O) groups is 1. The van der Waals surface area contributed by atoms with Gasteiger partial charge in [-0.15, -0.1) is 0 Å². The van der Waals surface area contributed by atoms with Gasteiger partial charge in [-0.05, 0) is 63.1 Å². The summed E-state index contributed by atoms with van der Waals surface area (Å²) in [5.74, 6) is -1.06. The van der Waals surface area contributed by atoms with Gasteiger partial charge in [0, 0.05) is 24.3 Å². The van der Waals surface area contributed by atoms with Gasteiger partial charge in [-0.1, -0.05) is 23.5 Å². The summed E-state index contributed by atoms with van der Waals surface area (Å²) in [6, 6.07) is 9.60. The van der Waals surface area contributed by atoms with E-state index in [0.717, 1.165) is 29.5 Å². The van der Waals surface area contributed by atoms with Crippen LogP contribution in [0.4, 0.5) is 24.4 Å². The SMILES string of the molecule is Cc1nc(N2CCCN(c3ccc(-c4cc(F)ccc4F)cc3)C2=O)sc1S(=O)(=O)C(C)C. The van der Waals surface area contributed by atoms with Crippen molar-refractivity contribution in [3.05, 3.63) is 59.8 Å². The Morgan fingerprint density at radius 3 is 2.36 bits per heavy atom. The highest BCUT2D eigenvalue weighted by Gasteiger charge is 2.33. The summed E-state index contributed by atoms with van der Waals surface area (Å²) < 4.78 is 53.0. The van der Waals surface area contributed by atoms with E-state index >= 15 is 0 Å². The lowest BCUT2D eigenvalue weighted by Gasteiger charge is -2.34. The largest absolute Gasteiger partial charge is 0.330 e. The number of carbonyl (C=O) groups excluding carboxylic acids is 1. The van der Waals surface area contributed by atoms with Gasteiger partial charge >= 0.3 is 6.03 Å². The van der Waals surface area contributed by atoms with Crippen LogP contribution in [0.15, 0.2) is 46.7 Å². The smallest absolute Gasteiger partial charge is 0.294 e. The van der Waals surface area contributed by atoms with Crippen molar-refractivity contribution in [2.24, 2.45) is 0 Å². The average molecular weight is 492 g/mol. The second-order valence-corrected chi connectivity index (χ2v) is 11.8. The van der Waals surface area contributed by atoms with E-state index < -0.39 is 26.7 Å². The summed E-state index contributed by atoms with van der Waals surface area (Å²) >= 11 is 1.01. The Hall–Kier alpha value is -2.85. The molecule has 1 saturated heterocycles. The molecule has 0 aliphatic carbocycles. The monoisotopic (exact) mass is 491 g/mol. The minimum absolute atomic E-state index is 0.144. The Labute approximate surface area is 195 Å². The first-order chi connectivity index (χ1) is 15.6. The van der Waals surface area contributed by atoms with E-state index in [1.165, 1.54) is 4.90 Å². The number of anilines is 2. The molecule has 0 unspecified atom stereocenters. The topological polar surface area (TPSA) is 70.6 Å². The highest BCUT2D eigenvalue weighted by Crippen LogP contribution is 2.35. The second kappa shape index (κ2) is 8.83. The third-order valence-electron chi connectivity index (χ3n) is 5.50. The molecule has 2 aromatic carbocycles. The van der Waals surface area contributed by atoms with Crippen LogP contribution < -0.4 is 9.80 Å². The lowest BCUT2D eigenvalue weighted by atomic mass is 10.0. The molecule has 0 bridgehead atoms. The van der Waals surface area contributed by atoms with E-state index in [1.807, 2.05) is 0 Å². The van der Waals surface area contributed by atoms with Gasteiger partial charge in [-0.3, -0.25) is 9.80 Å². The maximum Gasteiger partial charge on any atom is 0.330 e. The third kappa shape index (κ3) is 4.37. The van der Waals surface area contributed by atoms with Gasteiger partial charge in [0.05, 0.1) is 10.9 Å². The molecule has 3 aromatic rings. The summed E-state index contributed by atoms with van der Waals surface area (Å²) in [6.07, 6.45) is 0.664. The van der Waals surface area contributed by atoms with Crippen LogP contribution in [0.1, 0.15) is 26.0 Å². The maximum atomic E-state index is 14.1. The quantitative estimate of drug-likeness (QED) is 0.478. The van der Waals surface area contributed by atoms with Crippen molar-refractivity contribution in [1.29, 1.82) is 0 Å². The first-order valence-corrected chi connectivity index (χ1v) is 12.8. The summed E-state index contributed by atoms with van der Waals surface area (Å²) in [5.41, 5.74) is 1.63. The zero-order valence-electron chi connectivity index (χ0n) is 18.4. The van der Waals surface area contributed by atoms with Crippen LogP contribution >= 0.6 is 11.3 Å². The normalized spacial score (nSPS) is 14.9. The second-order valence-electron chi connectivity index (χ2n) is 8.07. The fourth-order valence-electron chi connectivity index (χ4n) is 3.64. The van der Waals surface area contributed by atoms with E-state index in [1.54, 1.807) is 49.9 Å². The molecule has 1 aliphatic heterocycles. The molecule has 0 N–H and O–H groups in total. The van der Waals surface area contributed by atoms with Gasteiger partial charge in [0.2, 0.25) is 0 Å². The lowest BCUT2D eigenvalue weighted by molar-refractivity contribution is 0.248. The molecular weight excluding hydrogens is 468 g/mol. The predicted octanol–water partition coefficient (Wildman–Crippen LogP) is 5.42. The van der Waals surface area contributed by atoms with Crippen molar-refractivity contribution in [3.63, 3.8) is 0 Å². The molecule has 0 saturated carbocycles. The van der Waals surface area contributed by atoms with Crippen LogP contribution in [0.25, 0.3) is 11.1 Å². The van der Waals surface area contributed by atoms with Crippen molar-refractivity contribution in [2.75, 3.05) is 22.9 Å².